The van der Waals surface area contributed by atoms with E-state index in [-0.39, 0.29) is 12.0 Å². The van der Waals surface area contributed by atoms with E-state index in [1.165, 1.54) is 5.75 Å². The fraction of sp³-hybridized carbons (Fsp3) is 0.857. The van der Waals surface area contributed by atoms with Crippen molar-refractivity contribution in [1.82, 2.24) is 10.1 Å². The van der Waals surface area contributed by atoms with Crippen LogP contribution in [0.2, 0.25) is 0 Å². The predicted molar refractivity (Wildman–Crippen MR) is 83.2 cm³/mol. The summed E-state index contributed by atoms with van der Waals surface area (Å²) >= 11 is 3.96. The molecule has 20 heavy (non-hydrogen) atoms. The molecule has 2 heterocycles. The third-order valence-electron chi connectivity index (χ3n) is 4.21. The highest BCUT2D eigenvalue weighted by molar-refractivity contribution is 8.06. The molecular formula is C14H22N2O2S2. The van der Waals surface area contributed by atoms with Gasteiger partial charge in [-0.2, -0.15) is 16.7 Å². The third kappa shape index (κ3) is 3.02. The maximum absolute atomic E-state index is 10.1. The SMILES string of the molecule is CCC1SCCSC1c1noc(C2CCCCC2O)n1. The lowest BCUT2D eigenvalue weighted by molar-refractivity contribution is 0.0908. The largest absolute Gasteiger partial charge is 0.392 e. The average molecular weight is 314 g/mol. The van der Waals surface area contributed by atoms with Crippen LogP contribution < -0.4 is 0 Å². The summed E-state index contributed by atoms with van der Waals surface area (Å²) in [6, 6.07) is 0. The second kappa shape index (κ2) is 6.71. The van der Waals surface area contributed by atoms with Gasteiger partial charge in [-0.15, -0.1) is 11.8 Å². The minimum absolute atomic E-state index is 0.0475. The number of hydrogen-bond acceptors (Lipinski definition) is 6. The number of thioether (sulfide) groups is 2. The fourth-order valence-corrected chi connectivity index (χ4v) is 6.04. The van der Waals surface area contributed by atoms with Gasteiger partial charge in [-0.05, 0) is 19.3 Å². The van der Waals surface area contributed by atoms with Gasteiger partial charge in [0.1, 0.15) is 0 Å². The number of rotatable bonds is 3. The van der Waals surface area contributed by atoms with Crippen LogP contribution in [0.15, 0.2) is 4.52 Å². The number of nitrogens with zero attached hydrogens (tertiary/aromatic N) is 2. The Morgan fingerprint density at radius 2 is 2.05 bits per heavy atom. The van der Waals surface area contributed by atoms with Crippen molar-refractivity contribution in [2.75, 3.05) is 11.5 Å². The van der Waals surface area contributed by atoms with Crippen LogP contribution in [-0.2, 0) is 0 Å². The summed E-state index contributed by atoms with van der Waals surface area (Å²) in [5.74, 6) is 3.90. The van der Waals surface area contributed by atoms with Gasteiger partial charge in [0.05, 0.1) is 17.3 Å². The van der Waals surface area contributed by atoms with Crippen molar-refractivity contribution in [1.29, 1.82) is 0 Å². The van der Waals surface area contributed by atoms with E-state index in [0.717, 1.165) is 43.7 Å². The molecule has 2 aliphatic rings. The van der Waals surface area contributed by atoms with Crippen molar-refractivity contribution in [3.63, 3.8) is 0 Å². The Morgan fingerprint density at radius 1 is 1.25 bits per heavy atom. The predicted octanol–water partition coefficient (Wildman–Crippen LogP) is 3.39. The Hall–Kier alpha value is -0.200. The summed E-state index contributed by atoms with van der Waals surface area (Å²) in [6.07, 6.45) is 4.89. The molecule has 4 nitrogen and oxygen atoms in total. The van der Waals surface area contributed by atoms with Crippen LogP contribution in [0.5, 0.6) is 0 Å². The van der Waals surface area contributed by atoms with Gasteiger partial charge in [0.15, 0.2) is 5.82 Å². The van der Waals surface area contributed by atoms with Gasteiger partial charge in [0, 0.05) is 16.8 Å². The Balaban J connectivity index is 1.75. The highest BCUT2D eigenvalue weighted by Crippen LogP contribution is 2.43. The van der Waals surface area contributed by atoms with Crippen LogP contribution in [0.4, 0.5) is 0 Å². The van der Waals surface area contributed by atoms with E-state index in [2.05, 4.69) is 17.1 Å². The van der Waals surface area contributed by atoms with Gasteiger partial charge in [-0.1, -0.05) is 24.9 Å². The van der Waals surface area contributed by atoms with Crippen LogP contribution in [-0.4, -0.2) is 38.1 Å². The van der Waals surface area contributed by atoms with Crippen LogP contribution in [0.25, 0.3) is 0 Å². The van der Waals surface area contributed by atoms with E-state index < -0.39 is 0 Å². The van der Waals surface area contributed by atoms with E-state index in [1.807, 2.05) is 23.5 Å². The standard InChI is InChI=1S/C14H22N2O2S2/c1-2-11-12(20-8-7-19-11)13-15-14(18-16-13)9-5-3-4-6-10(9)17/h9-12,17H,2-8H2,1H3. The summed E-state index contributed by atoms with van der Waals surface area (Å²) in [6.45, 7) is 2.22. The zero-order chi connectivity index (χ0) is 13.9. The average Bonchev–Trinajstić information content (AvgIpc) is 2.97. The minimum Gasteiger partial charge on any atom is -0.392 e. The van der Waals surface area contributed by atoms with Crippen LogP contribution in [0, 0.1) is 0 Å². The number of aliphatic hydroxyl groups is 1. The zero-order valence-corrected chi connectivity index (χ0v) is 13.5. The third-order valence-corrected chi connectivity index (χ3v) is 7.45. The van der Waals surface area contributed by atoms with Crippen molar-refractivity contribution >= 4 is 23.5 Å². The maximum Gasteiger partial charge on any atom is 0.232 e. The molecule has 4 atom stereocenters. The number of aromatic nitrogens is 2. The lowest BCUT2D eigenvalue weighted by atomic mass is 9.86. The summed E-state index contributed by atoms with van der Waals surface area (Å²) in [5.41, 5.74) is 0. The molecule has 3 rings (SSSR count). The summed E-state index contributed by atoms with van der Waals surface area (Å²) in [5, 5.41) is 15.2. The molecule has 0 radical (unpaired) electrons. The highest BCUT2D eigenvalue weighted by Gasteiger charge is 2.33. The summed E-state index contributed by atoms with van der Waals surface area (Å²) < 4.78 is 5.48. The van der Waals surface area contributed by atoms with E-state index in [9.17, 15) is 5.11 Å². The summed E-state index contributed by atoms with van der Waals surface area (Å²) in [7, 11) is 0. The van der Waals surface area contributed by atoms with Crippen LogP contribution in [0.1, 0.15) is 61.9 Å². The Bertz CT molecular complexity index is 441. The molecule has 1 aromatic heterocycles. The molecule has 0 aromatic carbocycles. The Labute approximate surface area is 128 Å². The van der Waals surface area contributed by atoms with Gasteiger partial charge in [0.2, 0.25) is 5.89 Å². The maximum atomic E-state index is 10.1. The first-order chi connectivity index (χ1) is 9.79. The van der Waals surface area contributed by atoms with Gasteiger partial charge in [-0.25, -0.2) is 0 Å². The monoisotopic (exact) mass is 314 g/mol. The topological polar surface area (TPSA) is 59.2 Å². The molecule has 1 saturated heterocycles. The molecule has 1 aliphatic heterocycles. The first kappa shape index (κ1) is 14.7. The quantitative estimate of drug-likeness (QED) is 0.923. The fourth-order valence-electron chi connectivity index (χ4n) is 3.05. The molecule has 1 aliphatic carbocycles. The Morgan fingerprint density at radius 3 is 2.85 bits per heavy atom. The van der Waals surface area contributed by atoms with Gasteiger partial charge in [-0.3, -0.25) is 0 Å². The molecule has 1 N–H and O–H groups in total. The van der Waals surface area contributed by atoms with E-state index in [4.69, 9.17) is 4.52 Å². The van der Waals surface area contributed by atoms with E-state index in [0.29, 0.717) is 16.4 Å². The van der Waals surface area contributed by atoms with Crippen molar-refractivity contribution in [2.45, 2.75) is 61.5 Å². The zero-order valence-electron chi connectivity index (χ0n) is 11.8. The smallest absolute Gasteiger partial charge is 0.232 e. The molecule has 1 saturated carbocycles. The minimum atomic E-state index is -0.313. The van der Waals surface area contributed by atoms with Crippen molar-refractivity contribution < 1.29 is 9.63 Å². The van der Waals surface area contributed by atoms with Gasteiger partial charge < -0.3 is 9.63 Å². The molecule has 0 amide bonds. The lowest BCUT2D eigenvalue weighted by Crippen LogP contribution is -2.23. The highest BCUT2D eigenvalue weighted by atomic mass is 32.2. The first-order valence-corrected chi connectivity index (χ1v) is 9.64. The van der Waals surface area contributed by atoms with E-state index >= 15 is 0 Å². The van der Waals surface area contributed by atoms with Crippen molar-refractivity contribution in [3.8, 4) is 0 Å². The van der Waals surface area contributed by atoms with Crippen LogP contribution in [0.3, 0.4) is 0 Å². The van der Waals surface area contributed by atoms with E-state index in [1.54, 1.807) is 0 Å². The molecule has 112 valence electrons. The molecule has 1 aromatic rings. The summed E-state index contributed by atoms with van der Waals surface area (Å²) in [4.78, 5) is 4.63. The molecular weight excluding hydrogens is 292 g/mol. The van der Waals surface area contributed by atoms with Crippen LogP contribution >= 0.6 is 23.5 Å². The normalized spacial score (nSPS) is 35.1. The molecule has 0 spiro atoms. The lowest BCUT2D eigenvalue weighted by Gasteiger charge is -2.27. The number of hydrogen-bond donors (Lipinski definition) is 1. The molecule has 2 fully saturated rings. The Kier molecular flexibility index (Phi) is 4.94. The number of aliphatic hydroxyl groups excluding tert-OH is 1. The second-order valence-electron chi connectivity index (χ2n) is 5.56. The van der Waals surface area contributed by atoms with Crippen molar-refractivity contribution in [2.24, 2.45) is 0 Å². The molecule has 6 heteroatoms. The van der Waals surface area contributed by atoms with Crippen molar-refractivity contribution in [3.05, 3.63) is 11.7 Å². The second-order valence-corrected chi connectivity index (χ2v) is 8.15. The molecule has 0 bridgehead atoms. The van der Waals surface area contributed by atoms with Gasteiger partial charge in [0.25, 0.3) is 0 Å². The first-order valence-electron chi connectivity index (χ1n) is 7.54. The van der Waals surface area contributed by atoms with Gasteiger partial charge >= 0.3 is 0 Å². The molecule has 4 unspecified atom stereocenters.